The van der Waals surface area contributed by atoms with Crippen molar-refractivity contribution in [3.63, 3.8) is 0 Å². The third-order valence-electron chi connectivity index (χ3n) is 1.81. The second kappa shape index (κ2) is 5.50. The van der Waals surface area contributed by atoms with Crippen LogP contribution in [0.4, 0.5) is 5.82 Å². The molecule has 0 aliphatic rings. The molecule has 0 aromatic carbocycles. The standard InChI is InChI=1S/C10H17N3O2/c1-8(2)15-10-6-9(11-7-12-10)13(3)4-5-14/h6-8,14H,4-5H2,1-3H3. The Kier molecular flexibility index (Phi) is 4.30. The highest BCUT2D eigenvalue weighted by Gasteiger charge is 2.05. The maximum absolute atomic E-state index is 8.80. The van der Waals surface area contributed by atoms with Crippen molar-refractivity contribution in [2.24, 2.45) is 0 Å². The van der Waals surface area contributed by atoms with Crippen molar-refractivity contribution in [3.8, 4) is 5.88 Å². The summed E-state index contributed by atoms with van der Waals surface area (Å²) in [6.07, 6.45) is 1.55. The number of likely N-dealkylation sites (N-methyl/N-ethyl adjacent to an activating group) is 1. The molecular weight excluding hydrogens is 194 g/mol. The molecule has 84 valence electrons. The average Bonchev–Trinajstić information content (AvgIpc) is 2.17. The minimum atomic E-state index is 0.0934. The number of rotatable bonds is 5. The van der Waals surface area contributed by atoms with Crippen LogP contribution >= 0.6 is 0 Å². The molecule has 0 spiro atoms. The van der Waals surface area contributed by atoms with Gasteiger partial charge in [-0.05, 0) is 13.8 Å². The zero-order valence-electron chi connectivity index (χ0n) is 9.34. The molecule has 5 heteroatoms. The Morgan fingerprint density at radius 2 is 2.20 bits per heavy atom. The molecule has 1 aromatic heterocycles. The van der Waals surface area contributed by atoms with Gasteiger partial charge in [-0.1, -0.05) is 0 Å². The van der Waals surface area contributed by atoms with E-state index in [0.29, 0.717) is 12.4 Å². The first-order valence-corrected chi connectivity index (χ1v) is 4.94. The van der Waals surface area contributed by atoms with Gasteiger partial charge in [0.25, 0.3) is 0 Å². The largest absolute Gasteiger partial charge is 0.475 e. The van der Waals surface area contributed by atoms with Gasteiger partial charge in [0.15, 0.2) is 0 Å². The van der Waals surface area contributed by atoms with E-state index in [1.807, 2.05) is 25.8 Å². The van der Waals surface area contributed by atoms with Gasteiger partial charge >= 0.3 is 0 Å². The SMILES string of the molecule is CC(C)Oc1cc(N(C)CCO)ncn1. The smallest absolute Gasteiger partial charge is 0.218 e. The lowest BCUT2D eigenvalue weighted by molar-refractivity contribution is 0.232. The summed E-state index contributed by atoms with van der Waals surface area (Å²) in [6.45, 7) is 4.53. The van der Waals surface area contributed by atoms with E-state index in [-0.39, 0.29) is 12.7 Å². The van der Waals surface area contributed by atoms with Gasteiger partial charge in [-0.3, -0.25) is 0 Å². The van der Waals surface area contributed by atoms with E-state index in [0.717, 1.165) is 5.82 Å². The first-order valence-electron chi connectivity index (χ1n) is 4.94. The van der Waals surface area contributed by atoms with Gasteiger partial charge in [-0.25, -0.2) is 9.97 Å². The number of nitrogens with zero attached hydrogens (tertiary/aromatic N) is 3. The molecule has 0 bridgehead atoms. The molecular formula is C10H17N3O2. The fraction of sp³-hybridized carbons (Fsp3) is 0.600. The lowest BCUT2D eigenvalue weighted by Gasteiger charge is -2.17. The van der Waals surface area contributed by atoms with E-state index in [2.05, 4.69) is 9.97 Å². The topological polar surface area (TPSA) is 58.5 Å². The highest BCUT2D eigenvalue weighted by molar-refractivity contribution is 5.39. The summed E-state index contributed by atoms with van der Waals surface area (Å²) in [5.74, 6) is 1.30. The minimum absolute atomic E-state index is 0.0934. The number of hydrogen-bond donors (Lipinski definition) is 1. The molecule has 0 amide bonds. The van der Waals surface area contributed by atoms with Crippen LogP contribution in [0, 0.1) is 0 Å². The summed E-state index contributed by atoms with van der Waals surface area (Å²) in [5.41, 5.74) is 0. The molecule has 0 fully saturated rings. The second-order valence-corrected chi connectivity index (χ2v) is 3.53. The highest BCUT2D eigenvalue weighted by Crippen LogP contribution is 2.14. The Balaban J connectivity index is 2.73. The molecule has 15 heavy (non-hydrogen) atoms. The van der Waals surface area contributed by atoms with Crippen molar-refractivity contribution < 1.29 is 9.84 Å². The zero-order valence-corrected chi connectivity index (χ0v) is 9.34. The highest BCUT2D eigenvalue weighted by atomic mass is 16.5. The number of aromatic nitrogens is 2. The molecule has 1 N–H and O–H groups in total. The fourth-order valence-corrected chi connectivity index (χ4v) is 1.11. The number of aliphatic hydroxyl groups excluding tert-OH is 1. The number of anilines is 1. The molecule has 0 radical (unpaired) electrons. The van der Waals surface area contributed by atoms with Gasteiger partial charge in [0.05, 0.1) is 12.7 Å². The fourth-order valence-electron chi connectivity index (χ4n) is 1.11. The summed E-state index contributed by atoms with van der Waals surface area (Å²) in [7, 11) is 1.86. The molecule has 0 saturated heterocycles. The third-order valence-corrected chi connectivity index (χ3v) is 1.81. The molecule has 0 aliphatic carbocycles. The molecule has 0 saturated carbocycles. The van der Waals surface area contributed by atoms with Crippen molar-refractivity contribution in [2.45, 2.75) is 20.0 Å². The van der Waals surface area contributed by atoms with Gasteiger partial charge in [-0.2, -0.15) is 0 Å². The van der Waals surface area contributed by atoms with Crippen LogP contribution in [-0.2, 0) is 0 Å². The molecule has 0 unspecified atom stereocenters. The summed E-state index contributed by atoms with van der Waals surface area (Å²) < 4.78 is 5.44. The molecule has 0 atom stereocenters. The number of ether oxygens (including phenoxy) is 1. The van der Waals surface area contributed by atoms with Crippen molar-refractivity contribution >= 4 is 5.82 Å². The predicted octanol–water partition coefficient (Wildman–Crippen LogP) is 0.692. The maximum Gasteiger partial charge on any atom is 0.218 e. The molecule has 1 heterocycles. The Morgan fingerprint density at radius 3 is 2.80 bits per heavy atom. The predicted molar refractivity (Wildman–Crippen MR) is 58.2 cm³/mol. The average molecular weight is 211 g/mol. The Bertz CT molecular complexity index is 304. The lowest BCUT2D eigenvalue weighted by atomic mass is 10.4. The molecule has 5 nitrogen and oxygen atoms in total. The van der Waals surface area contributed by atoms with E-state index in [1.54, 1.807) is 6.07 Å². The van der Waals surface area contributed by atoms with Crippen LogP contribution in [0.15, 0.2) is 12.4 Å². The minimum Gasteiger partial charge on any atom is -0.475 e. The van der Waals surface area contributed by atoms with E-state index >= 15 is 0 Å². The zero-order chi connectivity index (χ0) is 11.3. The first-order chi connectivity index (χ1) is 7.13. The Morgan fingerprint density at radius 1 is 1.47 bits per heavy atom. The Labute approximate surface area is 89.7 Å². The first kappa shape index (κ1) is 11.7. The van der Waals surface area contributed by atoms with Crippen molar-refractivity contribution in [1.29, 1.82) is 0 Å². The van der Waals surface area contributed by atoms with Crippen LogP contribution < -0.4 is 9.64 Å². The van der Waals surface area contributed by atoms with Crippen molar-refractivity contribution in [1.82, 2.24) is 9.97 Å². The van der Waals surface area contributed by atoms with E-state index in [1.165, 1.54) is 6.33 Å². The van der Waals surface area contributed by atoms with Crippen LogP contribution in [0.3, 0.4) is 0 Å². The second-order valence-electron chi connectivity index (χ2n) is 3.53. The lowest BCUT2D eigenvalue weighted by Crippen LogP contribution is -2.22. The molecule has 1 aromatic rings. The Hall–Kier alpha value is -1.36. The van der Waals surface area contributed by atoms with Gasteiger partial charge in [0.1, 0.15) is 12.1 Å². The van der Waals surface area contributed by atoms with Crippen LogP contribution in [0.2, 0.25) is 0 Å². The third kappa shape index (κ3) is 3.71. The summed E-state index contributed by atoms with van der Waals surface area (Å²) >= 11 is 0. The van der Waals surface area contributed by atoms with Gasteiger partial charge in [0, 0.05) is 19.7 Å². The van der Waals surface area contributed by atoms with Gasteiger partial charge in [0.2, 0.25) is 5.88 Å². The van der Waals surface area contributed by atoms with E-state index in [9.17, 15) is 0 Å². The van der Waals surface area contributed by atoms with Crippen LogP contribution in [0.5, 0.6) is 5.88 Å². The normalized spacial score (nSPS) is 10.5. The monoisotopic (exact) mass is 211 g/mol. The summed E-state index contributed by atoms with van der Waals surface area (Å²) in [6, 6.07) is 1.76. The van der Waals surface area contributed by atoms with Crippen molar-refractivity contribution in [2.75, 3.05) is 25.1 Å². The van der Waals surface area contributed by atoms with Gasteiger partial charge < -0.3 is 14.7 Å². The van der Waals surface area contributed by atoms with Crippen LogP contribution in [0.25, 0.3) is 0 Å². The van der Waals surface area contributed by atoms with Crippen LogP contribution in [-0.4, -0.2) is 41.4 Å². The summed E-state index contributed by atoms with van der Waals surface area (Å²) in [5, 5.41) is 8.80. The van der Waals surface area contributed by atoms with Gasteiger partial charge in [-0.15, -0.1) is 0 Å². The molecule has 0 aliphatic heterocycles. The maximum atomic E-state index is 8.80. The quantitative estimate of drug-likeness (QED) is 0.776. The molecule has 1 rings (SSSR count). The summed E-state index contributed by atoms with van der Waals surface area (Å²) in [4.78, 5) is 9.93. The van der Waals surface area contributed by atoms with Crippen LogP contribution in [0.1, 0.15) is 13.8 Å². The van der Waals surface area contributed by atoms with Crippen molar-refractivity contribution in [3.05, 3.63) is 12.4 Å². The van der Waals surface area contributed by atoms with E-state index in [4.69, 9.17) is 9.84 Å². The number of aliphatic hydroxyl groups is 1. The van der Waals surface area contributed by atoms with E-state index < -0.39 is 0 Å². The number of hydrogen-bond acceptors (Lipinski definition) is 5.